The number of methoxy groups -OCH3 is 1. The molecule has 2 aliphatic heterocycles. The summed E-state index contributed by atoms with van der Waals surface area (Å²) in [5.41, 5.74) is 11.6. The molecule has 2 bridgehead atoms. The molecular weight excluding hydrogens is 706 g/mol. The van der Waals surface area contributed by atoms with E-state index in [1.807, 2.05) is 11.5 Å². The number of phosphoric ester groups is 1. The molecule has 20 nitrogen and oxygen atoms in total. The van der Waals surface area contributed by atoms with Crippen LogP contribution in [0.5, 0.6) is 0 Å². The smallest absolute Gasteiger partial charge is 0.382 e. The second-order valence-electron chi connectivity index (χ2n) is 12.5. The van der Waals surface area contributed by atoms with Gasteiger partial charge in [-0.3, -0.25) is 27.9 Å². The first-order valence-corrected chi connectivity index (χ1v) is 19.5. The Morgan fingerprint density at radius 2 is 1.92 bits per heavy atom. The van der Waals surface area contributed by atoms with Crippen LogP contribution in [0.15, 0.2) is 23.8 Å². The Balaban J connectivity index is 1.18. The van der Waals surface area contributed by atoms with E-state index < -0.39 is 56.2 Å². The van der Waals surface area contributed by atoms with Crippen LogP contribution in [0, 0.1) is 17.3 Å². The molecule has 0 aromatic carbocycles. The van der Waals surface area contributed by atoms with Crippen LogP contribution in [0.3, 0.4) is 0 Å². The summed E-state index contributed by atoms with van der Waals surface area (Å²) in [6.07, 6.45) is -0.0408. The van der Waals surface area contributed by atoms with Gasteiger partial charge < -0.3 is 39.4 Å². The number of aromatic nitrogens is 8. The average Bonchev–Trinajstić information content (AvgIpc) is 3.35. The number of ether oxygens (including phenoxy) is 2. The molecule has 6 heterocycles. The van der Waals surface area contributed by atoms with Crippen LogP contribution in [-0.4, -0.2) is 95.3 Å². The molecule has 23 heteroatoms. The fourth-order valence-electron chi connectivity index (χ4n) is 7.73. The van der Waals surface area contributed by atoms with Crippen molar-refractivity contribution in [2.24, 2.45) is 17.3 Å². The van der Waals surface area contributed by atoms with Crippen molar-refractivity contribution in [2.75, 3.05) is 38.4 Å². The second-order valence-corrected chi connectivity index (χ2v) is 16.9. The second kappa shape index (κ2) is 11.8. The highest BCUT2D eigenvalue weighted by molar-refractivity contribution is 8.07. The summed E-state index contributed by atoms with van der Waals surface area (Å²) in [5.74, 6) is -0.274. The number of imidazole rings is 2. The molecule has 4 aromatic heterocycles. The number of nitrogens with one attached hydrogen (secondary N) is 1. The van der Waals surface area contributed by atoms with Gasteiger partial charge in [-0.2, -0.15) is 4.98 Å². The summed E-state index contributed by atoms with van der Waals surface area (Å²) in [5, 5.41) is 0. The summed E-state index contributed by atoms with van der Waals surface area (Å²) in [6, 6.07) is -0.234. The molecular formula is C26H34N10O10P2S. The maximum atomic E-state index is 14.5. The third-order valence-electron chi connectivity index (χ3n) is 9.84. The van der Waals surface area contributed by atoms with Gasteiger partial charge in [0, 0.05) is 24.5 Å². The zero-order valence-corrected chi connectivity index (χ0v) is 29.0. The van der Waals surface area contributed by atoms with Gasteiger partial charge in [-0.1, -0.05) is 6.92 Å². The fraction of sp³-hybridized carbons (Fsp3) is 0.615. The zero-order valence-electron chi connectivity index (χ0n) is 26.4. The van der Waals surface area contributed by atoms with Crippen molar-refractivity contribution in [3.05, 3.63) is 29.3 Å². The third-order valence-corrected chi connectivity index (χ3v) is 12.9. The number of H-pyrrole nitrogens is 1. The fourth-order valence-corrected chi connectivity index (χ4v) is 10.7. The van der Waals surface area contributed by atoms with Crippen LogP contribution >= 0.6 is 14.5 Å². The highest BCUT2D eigenvalue weighted by atomic mass is 32.5. The molecule has 8 rings (SSSR count). The molecule has 6 N–H and O–H groups in total. The van der Waals surface area contributed by atoms with Gasteiger partial charge in [0.15, 0.2) is 28.9 Å². The number of hydrogen-bond acceptors (Lipinski definition) is 17. The van der Waals surface area contributed by atoms with E-state index in [0.29, 0.717) is 17.6 Å². The lowest BCUT2D eigenvalue weighted by molar-refractivity contribution is -0.0582. The SMILES string of the molecule is CCOP1(=O)OC[C@]23C[C@@H]2[C@@H](n2cnc4c(N)ncnc42)[C@H](C)[C@@H]3OP(O)(=S)OC[C@H]2O[C@@H](n3cnc4c(=O)[nH]c(N)nc43)[C@H](O1)[C@@H]2OC. The predicted molar refractivity (Wildman–Crippen MR) is 173 cm³/mol. The number of nitrogen functional groups attached to an aromatic ring is 2. The minimum atomic E-state index is -4.38. The quantitative estimate of drug-likeness (QED) is 0.211. The van der Waals surface area contributed by atoms with Crippen LogP contribution in [0.1, 0.15) is 32.5 Å². The summed E-state index contributed by atoms with van der Waals surface area (Å²) in [4.78, 5) is 47.7. The van der Waals surface area contributed by atoms with Crippen LogP contribution in [-0.2, 0) is 48.5 Å². The van der Waals surface area contributed by atoms with Crippen molar-refractivity contribution < 1.29 is 41.6 Å². The first kappa shape index (κ1) is 33.2. The van der Waals surface area contributed by atoms with Crippen molar-refractivity contribution in [1.29, 1.82) is 0 Å². The maximum absolute atomic E-state index is 14.5. The summed E-state index contributed by atoms with van der Waals surface area (Å²) < 4.78 is 60.2. The van der Waals surface area contributed by atoms with E-state index in [9.17, 15) is 14.3 Å². The summed E-state index contributed by atoms with van der Waals surface area (Å²) in [6.45, 7) is -0.782. The lowest BCUT2D eigenvalue weighted by Crippen LogP contribution is -2.37. The van der Waals surface area contributed by atoms with Gasteiger partial charge in [0.05, 0.1) is 38.6 Å². The van der Waals surface area contributed by atoms with Crippen LogP contribution in [0.4, 0.5) is 11.8 Å². The standard InChI is InChI=1S/C26H34N10O10P2S/c1-4-41-47(38)43-7-26-5-12(26)16(35-9-31-14-20(27)29-8-30-21(14)35)11(2)19(26)46-48(39,49)42-6-13-17(40-3)18(45-47)24(44-13)36-10-32-15-22(36)33-25(28)34-23(15)37/h8-13,16-19,24H,4-7H2,1-3H3,(H,39,49)(H2,27,29,30)(H3,28,33,34,37)/t11-,12+,13+,16-,17+,18+,19-,24+,26+,47?,48?/m0/s1. The van der Waals surface area contributed by atoms with E-state index in [2.05, 4.69) is 29.9 Å². The number of fused-ring (bicyclic) bond motifs is 4. The number of nitrogens with two attached hydrogens (primary N) is 2. The Kier molecular flexibility index (Phi) is 8.01. The van der Waals surface area contributed by atoms with Gasteiger partial charge in [-0.15, -0.1) is 0 Å². The summed E-state index contributed by atoms with van der Waals surface area (Å²) in [7, 11) is -2.97. The zero-order chi connectivity index (χ0) is 34.5. The highest BCUT2D eigenvalue weighted by Gasteiger charge is 2.73. The maximum Gasteiger partial charge on any atom is 0.475 e. The predicted octanol–water partition coefficient (Wildman–Crippen LogP) is 1.41. The van der Waals surface area contributed by atoms with E-state index >= 15 is 0 Å². The molecule has 49 heavy (non-hydrogen) atoms. The molecule has 0 radical (unpaired) electrons. The summed E-state index contributed by atoms with van der Waals surface area (Å²) >= 11 is 5.55. The Bertz CT molecular complexity index is 2100. The van der Waals surface area contributed by atoms with Crippen LogP contribution < -0.4 is 17.0 Å². The number of phosphoric acid groups is 1. The van der Waals surface area contributed by atoms with Gasteiger partial charge in [0.1, 0.15) is 30.2 Å². The van der Waals surface area contributed by atoms with Crippen molar-refractivity contribution >= 4 is 60.4 Å². The molecule has 4 aliphatic rings. The molecule has 4 fully saturated rings. The Morgan fingerprint density at radius 3 is 2.69 bits per heavy atom. The molecule has 2 aliphatic carbocycles. The normalized spacial score (nSPS) is 39.3. The van der Waals surface area contributed by atoms with E-state index in [4.69, 9.17) is 55.4 Å². The van der Waals surface area contributed by atoms with E-state index in [-0.39, 0.29) is 60.6 Å². The molecule has 0 amide bonds. The average molecular weight is 741 g/mol. The molecule has 2 saturated carbocycles. The van der Waals surface area contributed by atoms with Crippen molar-refractivity contribution in [2.45, 2.75) is 57.0 Å². The number of nitrogens with zero attached hydrogens (tertiary/aromatic N) is 7. The van der Waals surface area contributed by atoms with E-state index in [0.717, 1.165) is 0 Å². The van der Waals surface area contributed by atoms with Gasteiger partial charge in [-0.05, 0) is 31.1 Å². The Hall–Kier alpha value is -2.94. The number of aromatic amines is 1. The highest BCUT2D eigenvalue weighted by Crippen LogP contribution is 2.74. The molecule has 264 valence electrons. The minimum Gasteiger partial charge on any atom is -0.382 e. The molecule has 11 atom stereocenters. The van der Waals surface area contributed by atoms with Crippen LogP contribution in [0.2, 0.25) is 0 Å². The first-order chi connectivity index (χ1) is 23.4. The third kappa shape index (κ3) is 5.34. The number of anilines is 2. The van der Waals surface area contributed by atoms with Gasteiger partial charge in [0.25, 0.3) is 5.56 Å². The Labute approximate surface area is 282 Å². The molecule has 2 saturated heterocycles. The number of rotatable bonds is 5. The molecule has 1 spiro atoms. The van der Waals surface area contributed by atoms with Crippen molar-refractivity contribution in [3.8, 4) is 0 Å². The molecule has 4 aromatic rings. The van der Waals surface area contributed by atoms with E-state index in [1.165, 1.54) is 24.3 Å². The lowest BCUT2D eigenvalue weighted by atomic mass is 9.94. The first-order valence-electron chi connectivity index (χ1n) is 15.5. The largest absolute Gasteiger partial charge is 0.475 e. The van der Waals surface area contributed by atoms with Gasteiger partial charge >= 0.3 is 14.5 Å². The van der Waals surface area contributed by atoms with Gasteiger partial charge in [-0.25, -0.2) is 24.5 Å². The lowest BCUT2D eigenvalue weighted by Gasteiger charge is -2.32. The van der Waals surface area contributed by atoms with Gasteiger partial charge in [0.2, 0.25) is 5.95 Å². The Morgan fingerprint density at radius 1 is 1.14 bits per heavy atom. The number of hydrogen-bond donors (Lipinski definition) is 4. The molecule has 2 unspecified atom stereocenters. The van der Waals surface area contributed by atoms with Crippen molar-refractivity contribution in [3.63, 3.8) is 0 Å². The minimum absolute atomic E-state index is 0.0160. The monoisotopic (exact) mass is 740 g/mol. The van der Waals surface area contributed by atoms with Crippen LogP contribution in [0.25, 0.3) is 22.3 Å². The van der Waals surface area contributed by atoms with E-state index in [1.54, 1.807) is 13.3 Å². The van der Waals surface area contributed by atoms with Crippen molar-refractivity contribution in [1.82, 2.24) is 39.0 Å². The topological polar surface area (TPSA) is 261 Å².